The van der Waals surface area contributed by atoms with E-state index < -0.39 is 28.8 Å². The number of Topliss-reactive ketones (excluding diaryl/α,β-unsaturated/α-hetero) is 1. The van der Waals surface area contributed by atoms with E-state index in [1.165, 1.54) is 6.08 Å². The Kier molecular flexibility index (Phi) is 3.89. The SMILES string of the molecule is O=C1C=CC(CCC(=O)c2c(O)cc(O)cc2O)=CC1=O. The molecule has 0 radical (unpaired) electrons. The van der Waals surface area contributed by atoms with Crippen molar-refractivity contribution in [2.45, 2.75) is 12.8 Å². The second-order valence-corrected chi connectivity index (χ2v) is 4.56. The summed E-state index contributed by atoms with van der Waals surface area (Å²) in [6.45, 7) is 0. The minimum Gasteiger partial charge on any atom is -0.508 e. The summed E-state index contributed by atoms with van der Waals surface area (Å²) in [6, 6.07) is 1.91. The molecule has 6 nitrogen and oxygen atoms in total. The molecule has 0 atom stereocenters. The maximum absolute atomic E-state index is 12.0. The minimum atomic E-state index is -0.643. The van der Waals surface area contributed by atoms with Crippen LogP contribution >= 0.6 is 0 Å². The largest absolute Gasteiger partial charge is 0.508 e. The molecule has 21 heavy (non-hydrogen) atoms. The van der Waals surface area contributed by atoms with Crippen LogP contribution in [0.4, 0.5) is 0 Å². The van der Waals surface area contributed by atoms with Crippen molar-refractivity contribution in [2.24, 2.45) is 0 Å². The molecule has 0 saturated heterocycles. The second kappa shape index (κ2) is 5.62. The lowest BCUT2D eigenvalue weighted by Gasteiger charge is -2.08. The highest BCUT2D eigenvalue weighted by atomic mass is 16.3. The van der Waals surface area contributed by atoms with Gasteiger partial charge in [0, 0.05) is 18.6 Å². The lowest BCUT2D eigenvalue weighted by molar-refractivity contribution is -0.131. The molecule has 2 rings (SSSR count). The fourth-order valence-corrected chi connectivity index (χ4v) is 1.97. The summed E-state index contributed by atoms with van der Waals surface area (Å²) in [4.78, 5) is 34.2. The number of rotatable bonds is 4. The van der Waals surface area contributed by atoms with Gasteiger partial charge in [-0.25, -0.2) is 0 Å². The van der Waals surface area contributed by atoms with E-state index in [2.05, 4.69) is 0 Å². The number of carbonyl (C=O) groups excluding carboxylic acids is 3. The molecule has 0 unspecified atom stereocenters. The molecule has 0 bridgehead atoms. The average Bonchev–Trinajstić information content (AvgIpc) is 2.39. The smallest absolute Gasteiger partial charge is 0.225 e. The quantitative estimate of drug-likeness (QED) is 0.438. The van der Waals surface area contributed by atoms with Crippen molar-refractivity contribution in [3.05, 3.63) is 41.5 Å². The molecule has 0 heterocycles. The van der Waals surface area contributed by atoms with E-state index in [1.54, 1.807) is 0 Å². The predicted molar refractivity (Wildman–Crippen MR) is 72.2 cm³/mol. The van der Waals surface area contributed by atoms with Crippen molar-refractivity contribution in [3.63, 3.8) is 0 Å². The van der Waals surface area contributed by atoms with Gasteiger partial charge in [0.2, 0.25) is 11.6 Å². The van der Waals surface area contributed by atoms with Crippen molar-refractivity contribution < 1.29 is 29.7 Å². The zero-order valence-corrected chi connectivity index (χ0v) is 10.9. The molecular formula is C15H12O6. The first kappa shape index (κ1) is 14.5. The van der Waals surface area contributed by atoms with Crippen molar-refractivity contribution in [1.29, 1.82) is 0 Å². The summed E-state index contributed by atoms with van der Waals surface area (Å²) in [5.74, 6) is -3.18. The number of ketones is 3. The van der Waals surface area contributed by atoms with Crippen molar-refractivity contribution in [2.75, 3.05) is 0 Å². The number of carbonyl (C=O) groups is 3. The van der Waals surface area contributed by atoms with Crippen LogP contribution in [0.5, 0.6) is 17.2 Å². The third kappa shape index (κ3) is 3.17. The Hall–Kier alpha value is -2.89. The first-order valence-electron chi connectivity index (χ1n) is 6.13. The van der Waals surface area contributed by atoms with Gasteiger partial charge >= 0.3 is 0 Å². The molecule has 0 fully saturated rings. The summed E-state index contributed by atoms with van der Waals surface area (Å²) < 4.78 is 0. The van der Waals surface area contributed by atoms with Crippen LogP contribution in [0.15, 0.2) is 35.9 Å². The van der Waals surface area contributed by atoms with E-state index in [0.29, 0.717) is 5.57 Å². The highest BCUT2D eigenvalue weighted by molar-refractivity contribution is 6.46. The van der Waals surface area contributed by atoms with Crippen LogP contribution in [-0.2, 0) is 9.59 Å². The Balaban J connectivity index is 2.10. The van der Waals surface area contributed by atoms with E-state index >= 15 is 0 Å². The summed E-state index contributed by atoms with van der Waals surface area (Å²) in [5.41, 5.74) is 0.237. The number of hydrogen-bond acceptors (Lipinski definition) is 6. The average molecular weight is 288 g/mol. The monoisotopic (exact) mass is 288 g/mol. The van der Waals surface area contributed by atoms with Crippen molar-refractivity contribution >= 4 is 17.3 Å². The first-order valence-corrected chi connectivity index (χ1v) is 6.13. The summed E-state index contributed by atoms with van der Waals surface area (Å²) in [7, 11) is 0. The van der Waals surface area contributed by atoms with Gasteiger partial charge < -0.3 is 15.3 Å². The molecule has 0 amide bonds. The van der Waals surface area contributed by atoms with Crippen LogP contribution in [-0.4, -0.2) is 32.7 Å². The molecule has 0 saturated carbocycles. The lowest BCUT2D eigenvalue weighted by atomic mass is 9.97. The number of phenolic OH excluding ortho intramolecular Hbond substituents is 3. The molecule has 3 N–H and O–H groups in total. The van der Waals surface area contributed by atoms with Gasteiger partial charge in [-0.1, -0.05) is 6.08 Å². The van der Waals surface area contributed by atoms with Crippen molar-refractivity contribution in [1.82, 2.24) is 0 Å². The Labute approximate surface area is 119 Å². The lowest BCUT2D eigenvalue weighted by Crippen LogP contribution is -2.12. The number of allylic oxidation sites excluding steroid dienone is 4. The Morgan fingerprint density at radius 3 is 2.14 bits per heavy atom. The van der Waals surface area contributed by atoms with Gasteiger partial charge in [0.05, 0.1) is 0 Å². The molecule has 0 spiro atoms. The third-order valence-corrected chi connectivity index (χ3v) is 3.01. The Bertz CT molecular complexity index is 673. The molecular weight excluding hydrogens is 276 g/mol. The van der Waals surface area contributed by atoms with Crippen LogP contribution < -0.4 is 0 Å². The standard InChI is InChI=1S/C15H12O6/c16-9-6-13(20)15(14(21)7-9)11(18)4-2-8-1-3-10(17)12(19)5-8/h1,3,5-7,16,20-21H,2,4H2. The zero-order chi connectivity index (χ0) is 15.6. The number of aromatic hydroxyl groups is 3. The van der Waals surface area contributed by atoms with E-state index in [9.17, 15) is 24.6 Å². The van der Waals surface area contributed by atoms with E-state index in [1.807, 2.05) is 0 Å². The first-order chi connectivity index (χ1) is 9.88. The Morgan fingerprint density at radius 1 is 0.952 bits per heavy atom. The fraction of sp³-hybridized carbons (Fsp3) is 0.133. The van der Waals surface area contributed by atoms with Gasteiger partial charge in [-0.3, -0.25) is 14.4 Å². The van der Waals surface area contributed by atoms with Crippen LogP contribution in [0.1, 0.15) is 23.2 Å². The number of hydrogen-bond donors (Lipinski definition) is 3. The van der Waals surface area contributed by atoms with Crippen LogP contribution in [0, 0.1) is 0 Å². The topological polar surface area (TPSA) is 112 Å². The van der Waals surface area contributed by atoms with Crippen LogP contribution in [0.25, 0.3) is 0 Å². The molecule has 1 aliphatic rings. The highest BCUT2D eigenvalue weighted by Gasteiger charge is 2.19. The van der Waals surface area contributed by atoms with Crippen molar-refractivity contribution in [3.8, 4) is 17.2 Å². The van der Waals surface area contributed by atoms with Gasteiger partial charge in [0.1, 0.15) is 22.8 Å². The molecule has 108 valence electrons. The minimum absolute atomic E-state index is 0.0659. The number of benzene rings is 1. The normalized spacial score (nSPS) is 14.2. The van der Waals surface area contributed by atoms with Gasteiger partial charge in [-0.2, -0.15) is 0 Å². The van der Waals surface area contributed by atoms with Gasteiger partial charge in [-0.15, -0.1) is 0 Å². The predicted octanol–water partition coefficient (Wildman–Crippen LogP) is 1.40. The van der Waals surface area contributed by atoms with Gasteiger partial charge in [-0.05, 0) is 24.1 Å². The maximum Gasteiger partial charge on any atom is 0.225 e. The van der Waals surface area contributed by atoms with Gasteiger partial charge in [0.15, 0.2) is 5.78 Å². The molecule has 0 aromatic heterocycles. The zero-order valence-electron chi connectivity index (χ0n) is 10.9. The fourth-order valence-electron chi connectivity index (χ4n) is 1.97. The molecule has 1 aliphatic carbocycles. The molecule has 1 aromatic rings. The second-order valence-electron chi connectivity index (χ2n) is 4.56. The molecule has 1 aromatic carbocycles. The third-order valence-electron chi connectivity index (χ3n) is 3.01. The summed E-state index contributed by atoms with van der Waals surface area (Å²) in [6.07, 6.45) is 3.87. The molecule has 0 aliphatic heterocycles. The maximum atomic E-state index is 12.0. The summed E-state index contributed by atoms with van der Waals surface area (Å²) in [5, 5.41) is 28.3. The van der Waals surface area contributed by atoms with E-state index in [-0.39, 0.29) is 24.2 Å². The summed E-state index contributed by atoms with van der Waals surface area (Å²) >= 11 is 0. The Morgan fingerprint density at radius 2 is 1.57 bits per heavy atom. The van der Waals surface area contributed by atoms with Crippen LogP contribution in [0.3, 0.4) is 0 Å². The number of phenols is 3. The highest BCUT2D eigenvalue weighted by Crippen LogP contribution is 2.33. The molecule has 6 heteroatoms. The van der Waals surface area contributed by atoms with E-state index in [4.69, 9.17) is 5.11 Å². The van der Waals surface area contributed by atoms with Gasteiger partial charge in [0.25, 0.3) is 0 Å². The van der Waals surface area contributed by atoms with E-state index in [0.717, 1.165) is 24.3 Å². The van der Waals surface area contributed by atoms with Crippen LogP contribution in [0.2, 0.25) is 0 Å².